The number of nitrogens with two attached hydrogens (primary N) is 1. The average Bonchev–Trinajstić information content (AvgIpc) is 2.56. The molecule has 0 saturated carbocycles. The van der Waals surface area contributed by atoms with Gasteiger partial charge in [-0.25, -0.2) is 0 Å². The molecule has 0 aromatic carbocycles. The van der Waals surface area contributed by atoms with Gasteiger partial charge in [-0.1, -0.05) is 0 Å². The van der Waals surface area contributed by atoms with Crippen molar-refractivity contribution in [2.45, 2.75) is 44.2 Å². The van der Waals surface area contributed by atoms with E-state index >= 15 is 0 Å². The molecular formula is C9H17NO3. The van der Waals surface area contributed by atoms with Gasteiger partial charge in [0.2, 0.25) is 0 Å². The molecule has 1 heterocycles. The lowest BCUT2D eigenvalue weighted by molar-refractivity contribution is -0.138. The van der Waals surface area contributed by atoms with Gasteiger partial charge >= 0.3 is 5.97 Å². The van der Waals surface area contributed by atoms with Gasteiger partial charge in [-0.05, 0) is 32.1 Å². The summed E-state index contributed by atoms with van der Waals surface area (Å²) in [5, 5.41) is 8.52. The van der Waals surface area contributed by atoms with E-state index < -0.39 is 12.0 Å². The number of hydrogen-bond donors (Lipinski definition) is 2. The number of carboxylic acids is 1. The monoisotopic (exact) mass is 187 g/mol. The van der Waals surface area contributed by atoms with Crippen LogP contribution in [0, 0.1) is 0 Å². The fraction of sp³-hybridized carbons (Fsp3) is 0.889. The van der Waals surface area contributed by atoms with E-state index in [1.54, 1.807) is 0 Å². The summed E-state index contributed by atoms with van der Waals surface area (Å²) in [7, 11) is 0. The maximum atomic E-state index is 10.4. The van der Waals surface area contributed by atoms with Crippen molar-refractivity contribution in [2.75, 3.05) is 6.61 Å². The second-order valence-electron chi connectivity index (χ2n) is 3.51. The topological polar surface area (TPSA) is 72.5 Å². The van der Waals surface area contributed by atoms with Crippen molar-refractivity contribution in [2.24, 2.45) is 5.73 Å². The summed E-state index contributed by atoms with van der Waals surface area (Å²) in [6, 6.07) is -0.707. The molecule has 0 spiro atoms. The van der Waals surface area contributed by atoms with E-state index in [0.29, 0.717) is 12.5 Å². The van der Waals surface area contributed by atoms with Gasteiger partial charge < -0.3 is 15.6 Å². The molecule has 0 bridgehead atoms. The van der Waals surface area contributed by atoms with Crippen LogP contribution in [0.25, 0.3) is 0 Å². The number of carboxylic acid groups (broad SMARTS) is 1. The standard InChI is InChI=1S/C9H17NO3/c10-8(9(11)12)5-1-3-7-4-2-6-13-7/h7-8H,1-6,10H2,(H,11,12). The molecule has 0 amide bonds. The van der Waals surface area contributed by atoms with Crippen LogP contribution < -0.4 is 5.73 Å². The van der Waals surface area contributed by atoms with Crippen molar-refractivity contribution in [1.82, 2.24) is 0 Å². The minimum atomic E-state index is -0.910. The molecule has 1 rings (SSSR count). The van der Waals surface area contributed by atoms with E-state index in [9.17, 15) is 4.79 Å². The van der Waals surface area contributed by atoms with Crippen LogP contribution in [0.1, 0.15) is 32.1 Å². The lowest BCUT2D eigenvalue weighted by Crippen LogP contribution is -2.30. The first kappa shape index (κ1) is 10.5. The second kappa shape index (κ2) is 5.19. The van der Waals surface area contributed by atoms with Gasteiger partial charge in [0.1, 0.15) is 6.04 Å². The van der Waals surface area contributed by atoms with Gasteiger partial charge in [0, 0.05) is 6.61 Å². The molecule has 0 radical (unpaired) electrons. The highest BCUT2D eigenvalue weighted by Gasteiger charge is 2.16. The summed E-state index contributed by atoms with van der Waals surface area (Å²) in [6.07, 6.45) is 4.94. The summed E-state index contributed by atoms with van der Waals surface area (Å²) >= 11 is 0. The molecule has 3 N–H and O–H groups in total. The fourth-order valence-electron chi connectivity index (χ4n) is 1.56. The van der Waals surface area contributed by atoms with Crippen LogP contribution >= 0.6 is 0 Å². The molecule has 4 nitrogen and oxygen atoms in total. The summed E-state index contributed by atoms with van der Waals surface area (Å²) < 4.78 is 5.41. The van der Waals surface area contributed by atoms with E-state index in [1.807, 2.05) is 0 Å². The van der Waals surface area contributed by atoms with E-state index in [-0.39, 0.29) is 0 Å². The minimum absolute atomic E-state index is 0.348. The Morgan fingerprint density at radius 2 is 2.46 bits per heavy atom. The summed E-state index contributed by atoms with van der Waals surface area (Å²) in [5.74, 6) is -0.910. The first-order valence-electron chi connectivity index (χ1n) is 4.80. The molecule has 13 heavy (non-hydrogen) atoms. The summed E-state index contributed by atoms with van der Waals surface area (Å²) in [6.45, 7) is 0.857. The first-order valence-corrected chi connectivity index (χ1v) is 4.80. The zero-order valence-electron chi connectivity index (χ0n) is 7.74. The largest absolute Gasteiger partial charge is 0.480 e. The van der Waals surface area contributed by atoms with Gasteiger partial charge in [-0.2, -0.15) is 0 Å². The predicted molar refractivity (Wildman–Crippen MR) is 48.4 cm³/mol. The van der Waals surface area contributed by atoms with Crippen LogP contribution in [0.5, 0.6) is 0 Å². The Kier molecular flexibility index (Phi) is 4.18. The van der Waals surface area contributed by atoms with Crippen molar-refractivity contribution in [3.8, 4) is 0 Å². The number of aliphatic carboxylic acids is 1. The quantitative estimate of drug-likeness (QED) is 0.666. The molecule has 1 fully saturated rings. The van der Waals surface area contributed by atoms with Crippen LogP contribution in [0.15, 0.2) is 0 Å². The molecule has 1 saturated heterocycles. The third-order valence-electron chi connectivity index (χ3n) is 2.38. The third kappa shape index (κ3) is 3.74. The van der Waals surface area contributed by atoms with Gasteiger partial charge in [-0.3, -0.25) is 4.79 Å². The van der Waals surface area contributed by atoms with Crippen molar-refractivity contribution >= 4 is 5.97 Å². The van der Waals surface area contributed by atoms with Gasteiger partial charge in [0.15, 0.2) is 0 Å². The SMILES string of the molecule is NC(CCCC1CCCO1)C(=O)O. The van der Waals surface area contributed by atoms with Crippen molar-refractivity contribution in [3.05, 3.63) is 0 Å². The number of ether oxygens (including phenoxy) is 1. The normalized spacial score (nSPS) is 24.5. The van der Waals surface area contributed by atoms with Crippen LogP contribution in [-0.4, -0.2) is 29.8 Å². The van der Waals surface area contributed by atoms with E-state index in [0.717, 1.165) is 32.3 Å². The average molecular weight is 187 g/mol. The van der Waals surface area contributed by atoms with E-state index in [4.69, 9.17) is 15.6 Å². The van der Waals surface area contributed by atoms with Gasteiger partial charge in [-0.15, -0.1) is 0 Å². The van der Waals surface area contributed by atoms with E-state index in [2.05, 4.69) is 0 Å². The number of hydrogen-bond acceptors (Lipinski definition) is 3. The smallest absolute Gasteiger partial charge is 0.320 e. The number of rotatable bonds is 5. The molecule has 76 valence electrons. The highest BCUT2D eigenvalue weighted by Crippen LogP contribution is 2.17. The molecule has 2 unspecified atom stereocenters. The van der Waals surface area contributed by atoms with Crippen LogP contribution in [0.2, 0.25) is 0 Å². The Labute approximate surface area is 78.1 Å². The van der Waals surface area contributed by atoms with Crippen LogP contribution in [0.3, 0.4) is 0 Å². The molecule has 2 atom stereocenters. The number of carbonyl (C=O) groups is 1. The zero-order chi connectivity index (χ0) is 9.68. The minimum Gasteiger partial charge on any atom is -0.480 e. The Hall–Kier alpha value is -0.610. The Morgan fingerprint density at radius 1 is 1.69 bits per heavy atom. The zero-order valence-corrected chi connectivity index (χ0v) is 7.74. The third-order valence-corrected chi connectivity index (χ3v) is 2.38. The van der Waals surface area contributed by atoms with Gasteiger partial charge in [0.25, 0.3) is 0 Å². The highest BCUT2D eigenvalue weighted by molar-refractivity contribution is 5.72. The van der Waals surface area contributed by atoms with Crippen molar-refractivity contribution in [1.29, 1.82) is 0 Å². The van der Waals surface area contributed by atoms with Crippen molar-refractivity contribution in [3.63, 3.8) is 0 Å². The molecule has 1 aliphatic rings. The first-order chi connectivity index (χ1) is 6.20. The highest BCUT2D eigenvalue weighted by atomic mass is 16.5. The Balaban J connectivity index is 2.02. The molecule has 0 aliphatic carbocycles. The van der Waals surface area contributed by atoms with Gasteiger partial charge in [0.05, 0.1) is 6.10 Å². The molecule has 0 aromatic rings. The Bertz CT molecular complexity index is 166. The predicted octanol–water partition coefficient (Wildman–Crippen LogP) is 0.748. The molecule has 0 aromatic heterocycles. The Morgan fingerprint density at radius 3 is 3.00 bits per heavy atom. The van der Waals surface area contributed by atoms with Crippen LogP contribution in [0.4, 0.5) is 0 Å². The molecular weight excluding hydrogens is 170 g/mol. The maximum absolute atomic E-state index is 10.4. The summed E-state index contributed by atoms with van der Waals surface area (Å²) in [4.78, 5) is 10.4. The molecule has 4 heteroatoms. The lowest BCUT2D eigenvalue weighted by Gasteiger charge is -2.10. The van der Waals surface area contributed by atoms with Crippen molar-refractivity contribution < 1.29 is 14.6 Å². The van der Waals surface area contributed by atoms with E-state index in [1.165, 1.54) is 0 Å². The maximum Gasteiger partial charge on any atom is 0.320 e. The summed E-state index contributed by atoms with van der Waals surface area (Å²) in [5.41, 5.74) is 5.36. The lowest BCUT2D eigenvalue weighted by atomic mass is 10.1. The fourth-order valence-corrected chi connectivity index (χ4v) is 1.56. The second-order valence-corrected chi connectivity index (χ2v) is 3.51. The van der Waals surface area contributed by atoms with Crippen LogP contribution in [-0.2, 0) is 9.53 Å². The molecule has 1 aliphatic heterocycles.